The number of anilines is 1. The molecule has 0 fully saturated rings. The summed E-state index contributed by atoms with van der Waals surface area (Å²) in [5, 5.41) is 8.62. The number of para-hydroxylation sites is 1. The number of nitrogens with zero attached hydrogens (tertiary/aromatic N) is 4. The van der Waals surface area contributed by atoms with E-state index in [2.05, 4.69) is 10.3 Å². The molecule has 0 saturated carbocycles. The fourth-order valence-electron chi connectivity index (χ4n) is 2.94. The molecule has 0 N–H and O–H groups in total. The number of fused-ring (bicyclic) bond motifs is 1. The molecule has 6 nitrogen and oxygen atoms in total. The minimum atomic E-state index is -0.518. The minimum Gasteiger partial charge on any atom is -0.489 e. The predicted molar refractivity (Wildman–Crippen MR) is 94.7 cm³/mol. The van der Waals surface area contributed by atoms with Gasteiger partial charge in [0.1, 0.15) is 18.0 Å². The van der Waals surface area contributed by atoms with E-state index in [1.54, 1.807) is 37.3 Å². The molecule has 0 radical (unpaired) electrons. The van der Waals surface area contributed by atoms with Crippen LogP contribution in [0.25, 0.3) is 5.69 Å². The summed E-state index contributed by atoms with van der Waals surface area (Å²) in [6.07, 6.45) is 0. The zero-order valence-corrected chi connectivity index (χ0v) is 14.6. The van der Waals surface area contributed by atoms with Gasteiger partial charge < -0.3 is 4.74 Å². The van der Waals surface area contributed by atoms with Gasteiger partial charge in [-0.15, -0.1) is 5.10 Å². The Labute approximate surface area is 153 Å². The Hall–Kier alpha value is -2.93. The van der Waals surface area contributed by atoms with Gasteiger partial charge in [0.05, 0.1) is 17.9 Å². The van der Waals surface area contributed by atoms with Crippen molar-refractivity contribution in [2.45, 2.75) is 6.92 Å². The van der Waals surface area contributed by atoms with E-state index in [1.807, 2.05) is 6.07 Å². The summed E-state index contributed by atoms with van der Waals surface area (Å²) < 4.78 is 21.3. The van der Waals surface area contributed by atoms with Crippen LogP contribution in [0.4, 0.5) is 10.1 Å². The van der Waals surface area contributed by atoms with Crippen LogP contribution in [0, 0.1) is 12.7 Å². The molecule has 2 aromatic carbocycles. The number of rotatable bonds is 2. The maximum absolute atomic E-state index is 14.3. The second-order valence-corrected chi connectivity index (χ2v) is 6.24. The van der Waals surface area contributed by atoms with Crippen LogP contribution in [-0.4, -0.2) is 34.1 Å². The zero-order chi connectivity index (χ0) is 18.3. The third-order valence-electron chi connectivity index (χ3n) is 4.19. The summed E-state index contributed by atoms with van der Waals surface area (Å²) in [5.74, 6) is -0.606. The smallest absolute Gasteiger partial charge is 0.281 e. The number of ether oxygens (including phenoxy) is 1. The summed E-state index contributed by atoms with van der Waals surface area (Å²) in [6.45, 7) is 2.25. The lowest BCUT2D eigenvalue weighted by Crippen LogP contribution is -2.39. The van der Waals surface area contributed by atoms with Crippen LogP contribution >= 0.6 is 11.6 Å². The predicted octanol–water partition coefficient (Wildman–Crippen LogP) is 3.41. The number of carbonyl (C=O) groups excluding carboxylic acids is 1. The number of amides is 1. The van der Waals surface area contributed by atoms with Crippen LogP contribution in [0.3, 0.4) is 0 Å². The van der Waals surface area contributed by atoms with Crippen LogP contribution in [0.5, 0.6) is 5.75 Å². The average molecular weight is 373 g/mol. The summed E-state index contributed by atoms with van der Waals surface area (Å²) >= 11 is 6.02. The van der Waals surface area contributed by atoms with E-state index in [9.17, 15) is 9.18 Å². The summed E-state index contributed by atoms with van der Waals surface area (Å²) in [4.78, 5) is 14.3. The number of halogens is 2. The lowest BCUT2D eigenvalue weighted by atomic mass is 10.2. The lowest BCUT2D eigenvalue weighted by Gasteiger charge is -2.29. The van der Waals surface area contributed by atoms with Crippen LogP contribution < -0.4 is 9.64 Å². The first-order valence-electron chi connectivity index (χ1n) is 7.97. The first kappa shape index (κ1) is 16.5. The molecule has 0 atom stereocenters. The van der Waals surface area contributed by atoms with Crippen molar-refractivity contribution in [3.8, 4) is 11.4 Å². The van der Waals surface area contributed by atoms with E-state index in [0.29, 0.717) is 22.2 Å². The van der Waals surface area contributed by atoms with Crippen molar-refractivity contribution in [3.63, 3.8) is 0 Å². The largest absolute Gasteiger partial charge is 0.489 e. The fourth-order valence-corrected chi connectivity index (χ4v) is 3.13. The van der Waals surface area contributed by atoms with Crippen LogP contribution in [0.1, 0.15) is 16.2 Å². The van der Waals surface area contributed by atoms with Gasteiger partial charge >= 0.3 is 0 Å². The van der Waals surface area contributed by atoms with E-state index in [1.165, 1.54) is 15.6 Å². The molecular weight excluding hydrogens is 359 g/mol. The molecule has 8 heteroatoms. The molecule has 1 amide bonds. The Morgan fingerprint density at radius 2 is 2.08 bits per heavy atom. The summed E-state index contributed by atoms with van der Waals surface area (Å²) in [5.41, 5.74) is 1.51. The molecule has 4 rings (SSSR count). The van der Waals surface area contributed by atoms with Crippen molar-refractivity contribution in [2.24, 2.45) is 0 Å². The number of benzene rings is 2. The van der Waals surface area contributed by atoms with Crippen molar-refractivity contribution >= 4 is 23.2 Å². The van der Waals surface area contributed by atoms with Gasteiger partial charge in [-0.1, -0.05) is 28.9 Å². The molecule has 1 aromatic heterocycles. The normalized spacial score (nSPS) is 13.3. The number of carbonyl (C=O) groups is 1. The molecule has 26 heavy (non-hydrogen) atoms. The van der Waals surface area contributed by atoms with E-state index < -0.39 is 11.7 Å². The van der Waals surface area contributed by atoms with Gasteiger partial charge in [-0.25, -0.2) is 9.07 Å². The summed E-state index contributed by atoms with van der Waals surface area (Å²) in [7, 11) is 0. The summed E-state index contributed by atoms with van der Waals surface area (Å²) in [6, 6.07) is 11.5. The first-order chi connectivity index (χ1) is 12.6. The van der Waals surface area contributed by atoms with Crippen LogP contribution in [0.15, 0.2) is 42.5 Å². The Kier molecular flexibility index (Phi) is 4.08. The molecule has 3 aromatic rings. The Balaban J connectivity index is 1.73. The van der Waals surface area contributed by atoms with Crippen molar-refractivity contribution in [1.29, 1.82) is 0 Å². The molecule has 0 bridgehead atoms. The monoisotopic (exact) mass is 372 g/mol. The highest BCUT2D eigenvalue weighted by molar-refractivity contribution is 6.30. The van der Waals surface area contributed by atoms with E-state index in [-0.39, 0.29) is 24.5 Å². The Morgan fingerprint density at radius 3 is 2.88 bits per heavy atom. The standard InChI is InChI=1S/C18H14ClFN4O2/c1-11-16(21-22-24(11)13-5-2-4-12(19)10-13)18(25)23-8-9-26-15-7-3-6-14(20)17(15)23/h2-7,10H,8-9H2,1H3. The SMILES string of the molecule is Cc1c(C(=O)N2CCOc3cccc(F)c32)nnn1-c1cccc(Cl)c1. The van der Waals surface area contributed by atoms with E-state index >= 15 is 0 Å². The van der Waals surface area contributed by atoms with Gasteiger partial charge in [-0.05, 0) is 37.3 Å². The highest BCUT2D eigenvalue weighted by atomic mass is 35.5. The zero-order valence-electron chi connectivity index (χ0n) is 13.8. The number of hydrogen-bond donors (Lipinski definition) is 0. The highest BCUT2D eigenvalue weighted by Crippen LogP contribution is 2.35. The average Bonchev–Trinajstić information content (AvgIpc) is 3.02. The van der Waals surface area contributed by atoms with Gasteiger partial charge in [0.2, 0.25) is 0 Å². The third kappa shape index (κ3) is 2.70. The van der Waals surface area contributed by atoms with Crippen molar-refractivity contribution in [2.75, 3.05) is 18.1 Å². The first-order valence-corrected chi connectivity index (χ1v) is 8.35. The van der Waals surface area contributed by atoms with Crippen LogP contribution in [-0.2, 0) is 0 Å². The van der Waals surface area contributed by atoms with E-state index in [4.69, 9.17) is 16.3 Å². The van der Waals surface area contributed by atoms with Gasteiger partial charge in [0.25, 0.3) is 5.91 Å². The van der Waals surface area contributed by atoms with Gasteiger partial charge in [0.15, 0.2) is 11.5 Å². The molecule has 0 saturated heterocycles. The van der Waals surface area contributed by atoms with Crippen molar-refractivity contribution in [1.82, 2.24) is 15.0 Å². The maximum atomic E-state index is 14.3. The van der Waals surface area contributed by atoms with Crippen molar-refractivity contribution in [3.05, 3.63) is 64.7 Å². The minimum absolute atomic E-state index is 0.125. The van der Waals surface area contributed by atoms with Crippen LogP contribution in [0.2, 0.25) is 5.02 Å². The van der Waals surface area contributed by atoms with Gasteiger partial charge in [-0.2, -0.15) is 0 Å². The molecule has 132 valence electrons. The Morgan fingerprint density at radius 1 is 1.27 bits per heavy atom. The highest BCUT2D eigenvalue weighted by Gasteiger charge is 2.30. The van der Waals surface area contributed by atoms with Crippen molar-refractivity contribution < 1.29 is 13.9 Å². The third-order valence-corrected chi connectivity index (χ3v) is 4.42. The van der Waals surface area contributed by atoms with Gasteiger partial charge in [0, 0.05) is 5.02 Å². The molecule has 1 aliphatic heterocycles. The number of aromatic nitrogens is 3. The topological polar surface area (TPSA) is 60.3 Å². The number of hydrogen-bond acceptors (Lipinski definition) is 4. The lowest BCUT2D eigenvalue weighted by molar-refractivity contribution is 0.0969. The quantitative estimate of drug-likeness (QED) is 0.691. The molecule has 0 unspecified atom stereocenters. The fraction of sp³-hybridized carbons (Fsp3) is 0.167. The second-order valence-electron chi connectivity index (χ2n) is 5.81. The molecular formula is C18H14ClFN4O2. The van der Waals surface area contributed by atoms with Gasteiger partial charge in [-0.3, -0.25) is 9.69 Å². The second kappa shape index (κ2) is 6.42. The van der Waals surface area contributed by atoms with E-state index in [0.717, 1.165) is 0 Å². The molecule has 0 spiro atoms. The Bertz CT molecular complexity index is 1000. The molecule has 2 heterocycles. The maximum Gasteiger partial charge on any atom is 0.281 e. The molecule has 1 aliphatic rings. The molecule has 0 aliphatic carbocycles.